The fourth-order valence-corrected chi connectivity index (χ4v) is 5.78. The predicted molar refractivity (Wildman–Crippen MR) is 138 cm³/mol. The highest BCUT2D eigenvalue weighted by Gasteiger charge is 2.25. The van der Waals surface area contributed by atoms with Crippen LogP contribution in [0.1, 0.15) is 60.4 Å². The van der Waals surface area contributed by atoms with Crippen LogP contribution < -0.4 is 10.1 Å². The summed E-state index contributed by atoms with van der Waals surface area (Å²) in [4.78, 5) is 28.9. The van der Waals surface area contributed by atoms with Gasteiger partial charge in [0.2, 0.25) is 11.0 Å². The average molecular weight is 529 g/mol. The number of anilines is 1. The molecule has 2 aromatic carbocycles. The number of rotatable bonds is 10. The highest BCUT2D eigenvalue weighted by atomic mass is 32.2. The second kappa shape index (κ2) is 11.2. The number of aromatic nitrogens is 1. The third kappa shape index (κ3) is 6.70. The van der Waals surface area contributed by atoms with Crippen LogP contribution in [0, 0.1) is 5.92 Å². The van der Waals surface area contributed by atoms with Crippen LogP contribution in [-0.4, -0.2) is 36.6 Å². The Morgan fingerprint density at radius 1 is 1.17 bits per heavy atom. The monoisotopic (exact) mass is 528 g/mol. The molecule has 8 nitrogen and oxygen atoms in total. The summed E-state index contributed by atoms with van der Waals surface area (Å²) in [6.45, 7) is 0. The molecule has 1 aliphatic rings. The summed E-state index contributed by atoms with van der Waals surface area (Å²) in [7, 11) is -3.33. The fourth-order valence-electron chi connectivity index (χ4n) is 4.46. The summed E-state index contributed by atoms with van der Waals surface area (Å²) in [5.41, 5.74) is 0.869. The first-order valence-electron chi connectivity index (χ1n) is 11.8. The highest BCUT2D eigenvalue weighted by Crippen LogP contribution is 2.35. The van der Waals surface area contributed by atoms with Crippen LogP contribution in [0.25, 0.3) is 0 Å². The van der Waals surface area contributed by atoms with Gasteiger partial charge in [0.05, 0.1) is 22.6 Å². The van der Waals surface area contributed by atoms with E-state index in [1.807, 2.05) is 0 Å². The number of amides is 1. The van der Waals surface area contributed by atoms with Crippen molar-refractivity contribution < 1.29 is 27.9 Å². The number of carbonyl (C=O) groups is 2. The zero-order chi connectivity index (χ0) is 25.7. The SMILES string of the molecule is CS(=O)(=O)c1ccc([C@@H](CCC2CCCC2)C(=O)Nc2ncc(Oc3cccc(C(=O)O)c3)s2)cc1. The fraction of sp³-hybridized carbons (Fsp3) is 0.346. The van der Waals surface area contributed by atoms with Crippen molar-refractivity contribution in [2.45, 2.75) is 49.3 Å². The van der Waals surface area contributed by atoms with E-state index in [4.69, 9.17) is 9.84 Å². The lowest BCUT2D eigenvalue weighted by Gasteiger charge is -2.19. The number of nitrogens with zero attached hydrogens (tertiary/aromatic N) is 1. The summed E-state index contributed by atoms with van der Waals surface area (Å²) < 4.78 is 29.4. The van der Waals surface area contributed by atoms with E-state index in [-0.39, 0.29) is 16.4 Å². The molecule has 10 heteroatoms. The number of hydrogen-bond donors (Lipinski definition) is 2. The first-order chi connectivity index (χ1) is 17.2. The number of benzene rings is 2. The molecule has 4 rings (SSSR count). The number of carbonyl (C=O) groups excluding carboxylic acids is 1. The van der Waals surface area contributed by atoms with Crippen molar-refractivity contribution in [3.05, 3.63) is 65.9 Å². The van der Waals surface area contributed by atoms with Gasteiger partial charge in [0.25, 0.3) is 0 Å². The van der Waals surface area contributed by atoms with E-state index in [0.29, 0.717) is 28.3 Å². The van der Waals surface area contributed by atoms with Crippen molar-refractivity contribution in [3.63, 3.8) is 0 Å². The molecule has 1 fully saturated rings. The Labute approximate surface area is 214 Å². The largest absolute Gasteiger partial charge is 0.478 e. The molecule has 190 valence electrons. The van der Waals surface area contributed by atoms with Gasteiger partial charge >= 0.3 is 5.97 Å². The van der Waals surface area contributed by atoms with Gasteiger partial charge in [0.1, 0.15) is 5.75 Å². The van der Waals surface area contributed by atoms with E-state index in [1.54, 1.807) is 36.4 Å². The second-order valence-electron chi connectivity index (χ2n) is 9.03. The van der Waals surface area contributed by atoms with E-state index in [0.717, 1.165) is 29.6 Å². The Hall–Kier alpha value is -3.24. The van der Waals surface area contributed by atoms with E-state index in [9.17, 15) is 18.0 Å². The number of ether oxygens (including phenoxy) is 1. The first kappa shape index (κ1) is 25.8. The van der Waals surface area contributed by atoms with E-state index in [1.165, 1.54) is 44.0 Å². The molecular weight excluding hydrogens is 500 g/mol. The van der Waals surface area contributed by atoms with Crippen molar-refractivity contribution in [2.24, 2.45) is 5.92 Å². The average Bonchev–Trinajstić information content (AvgIpc) is 3.51. The van der Waals surface area contributed by atoms with E-state index < -0.39 is 21.7 Å². The number of aromatic carboxylic acids is 1. The lowest BCUT2D eigenvalue weighted by molar-refractivity contribution is -0.117. The van der Waals surface area contributed by atoms with Gasteiger partial charge in [-0.2, -0.15) is 0 Å². The number of carboxylic acids is 1. The maximum absolute atomic E-state index is 13.3. The summed E-state index contributed by atoms with van der Waals surface area (Å²) in [5, 5.41) is 12.8. The zero-order valence-electron chi connectivity index (χ0n) is 19.8. The molecule has 1 saturated carbocycles. The maximum atomic E-state index is 13.3. The Balaban J connectivity index is 1.47. The van der Waals surface area contributed by atoms with Crippen LogP contribution in [-0.2, 0) is 14.6 Å². The van der Waals surface area contributed by atoms with Crippen LogP contribution in [0.15, 0.2) is 59.6 Å². The molecule has 0 bridgehead atoms. The Morgan fingerprint density at radius 3 is 2.56 bits per heavy atom. The van der Waals surface area contributed by atoms with Crippen molar-refractivity contribution in [1.29, 1.82) is 0 Å². The molecule has 0 spiro atoms. The summed E-state index contributed by atoms with van der Waals surface area (Å²) >= 11 is 1.14. The lowest BCUT2D eigenvalue weighted by atomic mass is 9.89. The third-order valence-electron chi connectivity index (χ3n) is 6.38. The Morgan fingerprint density at radius 2 is 1.89 bits per heavy atom. The molecule has 1 amide bonds. The topological polar surface area (TPSA) is 123 Å². The van der Waals surface area contributed by atoms with Gasteiger partial charge in [0, 0.05) is 6.26 Å². The quantitative estimate of drug-likeness (QED) is 0.344. The Bertz CT molecular complexity index is 1330. The maximum Gasteiger partial charge on any atom is 0.335 e. The number of sulfone groups is 1. The molecule has 0 aliphatic heterocycles. The molecule has 2 N–H and O–H groups in total. The minimum Gasteiger partial charge on any atom is -0.478 e. The van der Waals surface area contributed by atoms with Crippen molar-refractivity contribution in [1.82, 2.24) is 4.98 Å². The number of nitrogens with one attached hydrogen (secondary N) is 1. The summed E-state index contributed by atoms with van der Waals surface area (Å²) in [6.07, 6.45) is 9.02. The standard InChI is InChI=1S/C26H28N2O6S2/c1-36(32,33)21-12-10-18(11-13-21)22(14-9-17-5-2-3-6-17)24(29)28-26-27-16-23(35-26)34-20-8-4-7-19(15-20)25(30)31/h4,7-8,10-13,15-17,22H,2-3,5-6,9,14H2,1H3,(H,30,31)(H,27,28,29)/t22-/m1/s1. The van der Waals surface area contributed by atoms with Gasteiger partial charge in [-0.15, -0.1) is 0 Å². The minimum absolute atomic E-state index is 0.109. The van der Waals surface area contributed by atoms with Crippen LogP contribution in [0.3, 0.4) is 0 Å². The number of carboxylic acid groups (broad SMARTS) is 1. The molecule has 1 aliphatic carbocycles. The highest BCUT2D eigenvalue weighted by molar-refractivity contribution is 7.90. The molecule has 0 radical (unpaired) electrons. The van der Waals surface area contributed by atoms with Gasteiger partial charge in [-0.3, -0.25) is 4.79 Å². The van der Waals surface area contributed by atoms with Gasteiger partial charge in [0.15, 0.2) is 15.0 Å². The van der Waals surface area contributed by atoms with Gasteiger partial charge in [-0.25, -0.2) is 18.2 Å². The molecule has 0 saturated heterocycles. The summed E-state index contributed by atoms with van der Waals surface area (Å²) in [6, 6.07) is 12.6. The van der Waals surface area contributed by atoms with Crippen LogP contribution in [0.5, 0.6) is 10.8 Å². The van der Waals surface area contributed by atoms with Crippen molar-refractivity contribution in [2.75, 3.05) is 11.6 Å². The van der Waals surface area contributed by atoms with Gasteiger partial charge < -0.3 is 15.2 Å². The Kier molecular flexibility index (Phi) is 8.05. The van der Waals surface area contributed by atoms with E-state index in [2.05, 4.69) is 10.3 Å². The van der Waals surface area contributed by atoms with Crippen LogP contribution in [0.4, 0.5) is 5.13 Å². The number of thiazole rings is 1. The summed E-state index contributed by atoms with van der Waals surface area (Å²) in [5.74, 6) is -0.742. The molecular formula is C26H28N2O6S2. The predicted octanol–water partition coefficient (Wildman–Crippen LogP) is 5.73. The van der Waals surface area contributed by atoms with Crippen molar-refractivity contribution >= 4 is 38.2 Å². The van der Waals surface area contributed by atoms with Crippen LogP contribution in [0.2, 0.25) is 0 Å². The molecule has 36 heavy (non-hydrogen) atoms. The molecule has 1 heterocycles. The second-order valence-corrected chi connectivity index (χ2v) is 12.0. The normalized spacial score (nSPS) is 14.9. The molecule has 1 aromatic heterocycles. The first-order valence-corrected chi connectivity index (χ1v) is 14.5. The minimum atomic E-state index is -3.33. The number of hydrogen-bond acceptors (Lipinski definition) is 7. The molecule has 1 atom stereocenters. The third-order valence-corrected chi connectivity index (χ3v) is 8.30. The zero-order valence-corrected chi connectivity index (χ0v) is 21.5. The lowest BCUT2D eigenvalue weighted by Crippen LogP contribution is -2.22. The van der Waals surface area contributed by atoms with Crippen molar-refractivity contribution in [3.8, 4) is 10.8 Å². The van der Waals surface area contributed by atoms with Gasteiger partial charge in [-0.05, 0) is 54.7 Å². The van der Waals surface area contributed by atoms with Gasteiger partial charge in [-0.1, -0.05) is 55.2 Å². The smallest absolute Gasteiger partial charge is 0.335 e. The van der Waals surface area contributed by atoms with E-state index >= 15 is 0 Å². The molecule has 3 aromatic rings. The van der Waals surface area contributed by atoms with Crippen LogP contribution >= 0.6 is 11.3 Å². The molecule has 0 unspecified atom stereocenters.